The summed E-state index contributed by atoms with van der Waals surface area (Å²) in [5.41, 5.74) is 1.75. The summed E-state index contributed by atoms with van der Waals surface area (Å²) >= 11 is 21.7. The molecule has 1 heterocycles. The van der Waals surface area contributed by atoms with Crippen molar-refractivity contribution in [2.75, 3.05) is 6.54 Å². The van der Waals surface area contributed by atoms with E-state index in [9.17, 15) is 4.79 Å². The second-order valence-electron chi connectivity index (χ2n) is 6.91. The van der Waals surface area contributed by atoms with Gasteiger partial charge in [-0.15, -0.1) is 0 Å². The van der Waals surface area contributed by atoms with E-state index in [1.807, 2.05) is 24.3 Å². The fourth-order valence-corrected chi connectivity index (χ4v) is 4.96. The molecule has 0 spiro atoms. The van der Waals surface area contributed by atoms with Crippen LogP contribution in [0, 0.1) is 9.49 Å². The van der Waals surface area contributed by atoms with Gasteiger partial charge in [0.1, 0.15) is 10.9 Å². The summed E-state index contributed by atoms with van der Waals surface area (Å²) < 4.78 is 7.56. The van der Waals surface area contributed by atoms with Gasteiger partial charge in [0.15, 0.2) is 5.75 Å². The number of benzene rings is 2. The van der Waals surface area contributed by atoms with E-state index >= 15 is 0 Å². The van der Waals surface area contributed by atoms with Crippen molar-refractivity contribution in [2.45, 2.75) is 20.5 Å². The number of hydrogen-bond donors (Lipinski definition) is 0. The molecule has 0 unspecified atom stereocenters. The van der Waals surface area contributed by atoms with Crippen LogP contribution in [0.4, 0.5) is 0 Å². The number of thioether (sulfide) groups is 1. The van der Waals surface area contributed by atoms with Crippen molar-refractivity contribution in [1.82, 2.24) is 4.90 Å². The fourth-order valence-electron chi connectivity index (χ4n) is 2.71. The highest BCUT2D eigenvalue weighted by Gasteiger charge is 2.32. The molecule has 29 heavy (non-hydrogen) atoms. The summed E-state index contributed by atoms with van der Waals surface area (Å²) in [7, 11) is 0. The van der Waals surface area contributed by atoms with Gasteiger partial charge in [-0.05, 0) is 70.0 Å². The third kappa shape index (κ3) is 5.88. The molecule has 0 saturated carbocycles. The van der Waals surface area contributed by atoms with Crippen molar-refractivity contribution < 1.29 is 9.53 Å². The number of nitrogens with zero attached hydrogens (tertiary/aromatic N) is 1. The Morgan fingerprint density at radius 3 is 2.41 bits per heavy atom. The molecule has 2 aromatic carbocycles. The van der Waals surface area contributed by atoms with E-state index < -0.39 is 0 Å². The number of amides is 1. The van der Waals surface area contributed by atoms with Crippen LogP contribution in [0.2, 0.25) is 10.0 Å². The lowest BCUT2D eigenvalue weighted by molar-refractivity contribution is -0.122. The lowest BCUT2D eigenvalue weighted by Crippen LogP contribution is -2.31. The van der Waals surface area contributed by atoms with E-state index in [1.54, 1.807) is 23.1 Å². The van der Waals surface area contributed by atoms with Gasteiger partial charge < -0.3 is 4.74 Å². The molecule has 3 rings (SSSR count). The van der Waals surface area contributed by atoms with Crippen LogP contribution in [0.3, 0.4) is 0 Å². The minimum absolute atomic E-state index is 0.0834. The third-order valence-electron chi connectivity index (χ3n) is 4.04. The van der Waals surface area contributed by atoms with Crippen LogP contribution in [0.1, 0.15) is 25.0 Å². The number of carbonyl (C=O) groups excluding carboxylic acids is 1. The first-order valence-corrected chi connectivity index (χ1v) is 11.9. The Hall–Kier alpha value is -0.800. The van der Waals surface area contributed by atoms with E-state index in [0.29, 0.717) is 44.1 Å². The monoisotopic (exact) mass is 577 g/mol. The summed E-state index contributed by atoms with van der Waals surface area (Å²) in [6.45, 7) is 5.08. The van der Waals surface area contributed by atoms with Crippen LogP contribution in [-0.4, -0.2) is 21.7 Å². The Kier molecular flexibility index (Phi) is 7.89. The highest BCUT2D eigenvalue weighted by Crippen LogP contribution is 2.38. The number of carbonyl (C=O) groups is 1. The molecule has 2 aromatic rings. The van der Waals surface area contributed by atoms with Gasteiger partial charge in [-0.3, -0.25) is 9.69 Å². The average Bonchev–Trinajstić information content (AvgIpc) is 2.89. The molecular weight excluding hydrogens is 560 g/mol. The van der Waals surface area contributed by atoms with Crippen LogP contribution in [0.15, 0.2) is 41.3 Å². The number of rotatable bonds is 6. The maximum atomic E-state index is 12.6. The minimum atomic E-state index is -0.0834. The van der Waals surface area contributed by atoms with Gasteiger partial charge in [-0.2, -0.15) is 0 Å². The molecule has 0 aromatic heterocycles. The smallest absolute Gasteiger partial charge is 0.266 e. The Balaban J connectivity index is 1.77. The van der Waals surface area contributed by atoms with Crippen LogP contribution in [-0.2, 0) is 11.4 Å². The fraction of sp³-hybridized carbons (Fsp3) is 0.238. The van der Waals surface area contributed by atoms with Gasteiger partial charge in [0.05, 0.1) is 15.0 Å². The predicted molar refractivity (Wildman–Crippen MR) is 135 cm³/mol. The first-order chi connectivity index (χ1) is 13.7. The van der Waals surface area contributed by atoms with Crippen molar-refractivity contribution in [1.29, 1.82) is 0 Å². The summed E-state index contributed by atoms with van der Waals surface area (Å²) in [6, 6.07) is 11.5. The molecular formula is C21H18Cl2INO2S2. The van der Waals surface area contributed by atoms with E-state index in [4.69, 9.17) is 40.2 Å². The standard InChI is InChI=1S/C21H18Cl2INO2S2/c1-12(2)10-25-20(26)18(29-21(25)28)9-14-7-16(22)19(17(23)8-14)27-11-13-3-5-15(24)6-4-13/h3-9,12H,10-11H2,1-2H3/b18-9-. The quantitative estimate of drug-likeness (QED) is 0.209. The summed E-state index contributed by atoms with van der Waals surface area (Å²) in [4.78, 5) is 14.8. The molecule has 0 bridgehead atoms. The largest absolute Gasteiger partial charge is 0.486 e. The van der Waals surface area contributed by atoms with Gasteiger partial charge in [0.2, 0.25) is 0 Å². The Labute approximate surface area is 203 Å². The zero-order chi connectivity index (χ0) is 21.1. The van der Waals surface area contributed by atoms with Crippen molar-refractivity contribution in [3.63, 3.8) is 0 Å². The maximum Gasteiger partial charge on any atom is 0.266 e. The summed E-state index contributed by atoms with van der Waals surface area (Å²) in [5, 5.41) is 0.791. The maximum absolute atomic E-state index is 12.6. The van der Waals surface area contributed by atoms with Crippen molar-refractivity contribution in [3.8, 4) is 5.75 Å². The van der Waals surface area contributed by atoms with Crippen LogP contribution in [0.5, 0.6) is 5.75 Å². The highest BCUT2D eigenvalue weighted by molar-refractivity contribution is 14.1. The van der Waals surface area contributed by atoms with E-state index in [0.717, 1.165) is 14.7 Å². The molecule has 1 fully saturated rings. The first kappa shape index (κ1) is 22.9. The highest BCUT2D eigenvalue weighted by atomic mass is 127. The third-order valence-corrected chi connectivity index (χ3v) is 6.69. The first-order valence-electron chi connectivity index (χ1n) is 8.86. The van der Waals surface area contributed by atoms with Crippen LogP contribution < -0.4 is 4.74 Å². The molecule has 1 amide bonds. The normalized spacial score (nSPS) is 15.7. The summed E-state index contributed by atoms with van der Waals surface area (Å²) in [6.07, 6.45) is 1.76. The van der Waals surface area contributed by atoms with E-state index in [1.165, 1.54) is 11.8 Å². The molecule has 152 valence electrons. The topological polar surface area (TPSA) is 29.5 Å². The minimum Gasteiger partial charge on any atom is -0.486 e. The molecule has 0 N–H and O–H groups in total. The van der Waals surface area contributed by atoms with E-state index in [-0.39, 0.29) is 5.91 Å². The summed E-state index contributed by atoms with van der Waals surface area (Å²) in [5.74, 6) is 0.682. The van der Waals surface area contributed by atoms with Crippen LogP contribution >= 0.6 is 69.8 Å². The lowest BCUT2D eigenvalue weighted by Gasteiger charge is -2.16. The van der Waals surface area contributed by atoms with E-state index in [2.05, 4.69) is 36.4 Å². The van der Waals surface area contributed by atoms with Gasteiger partial charge >= 0.3 is 0 Å². The number of thiocarbonyl (C=S) groups is 1. The van der Waals surface area contributed by atoms with Crippen molar-refractivity contribution in [3.05, 3.63) is 66.0 Å². The molecule has 1 saturated heterocycles. The zero-order valence-corrected chi connectivity index (χ0v) is 21.0. The molecule has 0 radical (unpaired) electrons. The predicted octanol–water partition coefficient (Wildman–Crippen LogP) is 7.03. The van der Waals surface area contributed by atoms with Crippen molar-refractivity contribution >= 4 is 86.1 Å². The molecule has 0 atom stereocenters. The van der Waals surface area contributed by atoms with Gasteiger partial charge in [0.25, 0.3) is 5.91 Å². The Morgan fingerprint density at radius 1 is 1.21 bits per heavy atom. The molecule has 8 heteroatoms. The van der Waals surface area contributed by atoms with Crippen molar-refractivity contribution in [2.24, 2.45) is 5.92 Å². The zero-order valence-electron chi connectivity index (χ0n) is 15.7. The van der Waals surface area contributed by atoms with Gasteiger partial charge in [-0.25, -0.2) is 0 Å². The number of hydrogen-bond acceptors (Lipinski definition) is 4. The second-order valence-corrected chi connectivity index (χ2v) is 10.7. The molecule has 1 aliphatic heterocycles. The lowest BCUT2D eigenvalue weighted by atomic mass is 10.2. The van der Waals surface area contributed by atoms with Gasteiger partial charge in [0, 0.05) is 10.1 Å². The van der Waals surface area contributed by atoms with Crippen LogP contribution in [0.25, 0.3) is 6.08 Å². The molecule has 1 aliphatic rings. The Morgan fingerprint density at radius 2 is 1.83 bits per heavy atom. The number of halogens is 3. The molecule has 3 nitrogen and oxygen atoms in total. The average molecular weight is 578 g/mol. The SMILES string of the molecule is CC(C)CN1C(=O)/C(=C/c2cc(Cl)c(OCc3ccc(I)cc3)c(Cl)c2)SC1=S. The molecule has 0 aliphatic carbocycles. The second kappa shape index (κ2) is 10.0. The number of ether oxygens (including phenoxy) is 1. The van der Waals surface area contributed by atoms with Gasteiger partial charge in [-0.1, -0.05) is 73.2 Å². The Bertz CT molecular complexity index is 954.